The van der Waals surface area contributed by atoms with Gasteiger partial charge in [0.05, 0.1) is 12.2 Å². The van der Waals surface area contributed by atoms with Gasteiger partial charge in [0.1, 0.15) is 5.69 Å². The maximum absolute atomic E-state index is 13.0. The SMILES string of the molecule is C=CCn1c(C)c(C(=O)NC(C)CCc2ccccc2)c(C)c1C(=O)OCC. The van der Waals surface area contributed by atoms with Crippen molar-refractivity contribution in [1.82, 2.24) is 9.88 Å². The second-order valence-corrected chi connectivity index (χ2v) is 6.95. The van der Waals surface area contributed by atoms with Gasteiger partial charge in [-0.1, -0.05) is 36.4 Å². The van der Waals surface area contributed by atoms with Gasteiger partial charge in [0.2, 0.25) is 0 Å². The third-order valence-electron chi connectivity index (χ3n) is 4.86. The molecule has 1 aromatic heterocycles. The zero-order valence-corrected chi connectivity index (χ0v) is 17.2. The van der Waals surface area contributed by atoms with E-state index >= 15 is 0 Å². The fourth-order valence-electron chi connectivity index (χ4n) is 3.45. The number of esters is 1. The number of amides is 1. The smallest absolute Gasteiger partial charge is 0.355 e. The zero-order chi connectivity index (χ0) is 20.7. The minimum Gasteiger partial charge on any atom is -0.461 e. The second-order valence-electron chi connectivity index (χ2n) is 6.95. The molecule has 0 fully saturated rings. The summed E-state index contributed by atoms with van der Waals surface area (Å²) in [6.45, 7) is 11.9. The van der Waals surface area contributed by atoms with E-state index < -0.39 is 5.97 Å². The first-order valence-corrected chi connectivity index (χ1v) is 9.73. The molecule has 1 aromatic carbocycles. The van der Waals surface area contributed by atoms with E-state index in [1.807, 2.05) is 32.0 Å². The first-order chi connectivity index (χ1) is 13.4. The van der Waals surface area contributed by atoms with Crippen molar-refractivity contribution in [2.24, 2.45) is 0 Å². The zero-order valence-electron chi connectivity index (χ0n) is 17.2. The van der Waals surface area contributed by atoms with Crippen molar-refractivity contribution < 1.29 is 14.3 Å². The number of hydrogen-bond donors (Lipinski definition) is 1. The number of aryl methyl sites for hydroxylation is 1. The molecule has 1 heterocycles. The van der Waals surface area contributed by atoms with Crippen LogP contribution in [0.1, 0.15) is 57.9 Å². The fourth-order valence-corrected chi connectivity index (χ4v) is 3.45. The average molecular weight is 383 g/mol. The first-order valence-electron chi connectivity index (χ1n) is 9.73. The molecular weight excluding hydrogens is 352 g/mol. The molecule has 1 amide bonds. The summed E-state index contributed by atoms with van der Waals surface area (Å²) in [5, 5.41) is 3.07. The Morgan fingerprint density at radius 3 is 2.54 bits per heavy atom. The molecule has 0 saturated carbocycles. The Bertz CT molecular complexity index is 837. The average Bonchev–Trinajstić information content (AvgIpc) is 2.91. The number of carbonyl (C=O) groups is 2. The highest BCUT2D eigenvalue weighted by molar-refractivity contribution is 6.01. The van der Waals surface area contributed by atoms with Gasteiger partial charge in [-0.2, -0.15) is 0 Å². The maximum atomic E-state index is 13.0. The van der Waals surface area contributed by atoms with Crippen LogP contribution in [0.4, 0.5) is 0 Å². The van der Waals surface area contributed by atoms with Crippen molar-refractivity contribution in [3.63, 3.8) is 0 Å². The number of rotatable bonds is 9. The maximum Gasteiger partial charge on any atom is 0.355 e. The highest BCUT2D eigenvalue weighted by Crippen LogP contribution is 2.24. The van der Waals surface area contributed by atoms with Crippen LogP contribution in [-0.4, -0.2) is 29.1 Å². The second kappa shape index (κ2) is 9.93. The molecule has 2 aromatic rings. The van der Waals surface area contributed by atoms with Crippen LogP contribution in [0.2, 0.25) is 0 Å². The number of benzene rings is 1. The summed E-state index contributed by atoms with van der Waals surface area (Å²) in [7, 11) is 0. The lowest BCUT2D eigenvalue weighted by atomic mass is 10.0. The summed E-state index contributed by atoms with van der Waals surface area (Å²) in [6.07, 6.45) is 3.44. The molecule has 28 heavy (non-hydrogen) atoms. The van der Waals surface area contributed by atoms with Gasteiger partial charge in [-0.05, 0) is 51.7 Å². The summed E-state index contributed by atoms with van der Waals surface area (Å²) < 4.78 is 6.98. The Morgan fingerprint density at radius 1 is 1.25 bits per heavy atom. The molecule has 0 radical (unpaired) electrons. The molecule has 1 N–H and O–H groups in total. The fraction of sp³-hybridized carbons (Fsp3) is 0.391. The van der Waals surface area contributed by atoms with Gasteiger partial charge in [0, 0.05) is 18.3 Å². The number of hydrogen-bond acceptors (Lipinski definition) is 3. The normalized spacial score (nSPS) is 11.7. The summed E-state index contributed by atoms with van der Waals surface area (Å²) in [5.74, 6) is -0.579. The van der Waals surface area contributed by atoms with E-state index in [4.69, 9.17) is 4.74 Å². The first kappa shape index (κ1) is 21.5. The molecule has 5 nitrogen and oxygen atoms in total. The molecular formula is C23H30N2O3. The number of allylic oxidation sites excluding steroid dienone is 1. The lowest BCUT2D eigenvalue weighted by Crippen LogP contribution is -2.33. The highest BCUT2D eigenvalue weighted by Gasteiger charge is 2.27. The molecule has 0 aliphatic rings. The lowest BCUT2D eigenvalue weighted by molar-refractivity contribution is 0.0513. The standard InChI is InChI=1S/C23H30N2O3/c1-6-15-25-18(5)20(17(4)21(25)23(27)28-7-2)22(26)24-16(3)13-14-19-11-9-8-10-12-19/h6,8-12,16H,1,7,13-15H2,2-5H3,(H,24,26). The quantitative estimate of drug-likeness (QED) is 0.522. The van der Waals surface area contributed by atoms with Crippen LogP contribution in [-0.2, 0) is 17.7 Å². The molecule has 0 spiro atoms. The van der Waals surface area contributed by atoms with E-state index in [0.717, 1.165) is 18.5 Å². The van der Waals surface area contributed by atoms with Crippen LogP contribution < -0.4 is 5.32 Å². The van der Waals surface area contributed by atoms with E-state index in [-0.39, 0.29) is 18.6 Å². The van der Waals surface area contributed by atoms with Gasteiger partial charge < -0.3 is 14.6 Å². The van der Waals surface area contributed by atoms with Crippen molar-refractivity contribution in [3.8, 4) is 0 Å². The number of aromatic nitrogens is 1. The van der Waals surface area contributed by atoms with E-state index in [1.54, 1.807) is 24.5 Å². The molecule has 0 bridgehead atoms. The van der Waals surface area contributed by atoms with Crippen molar-refractivity contribution in [1.29, 1.82) is 0 Å². The predicted octanol–water partition coefficient (Wildman–Crippen LogP) is 4.22. The predicted molar refractivity (Wildman–Crippen MR) is 112 cm³/mol. The van der Waals surface area contributed by atoms with Crippen LogP contribution in [0.15, 0.2) is 43.0 Å². The minimum absolute atomic E-state index is 0.0142. The number of ether oxygens (including phenoxy) is 1. The third-order valence-corrected chi connectivity index (χ3v) is 4.86. The van der Waals surface area contributed by atoms with E-state index in [9.17, 15) is 9.59 Å². The van der Waals surface area contributed by atoms with Crippen molar-refractivity contribution in [3.05, 3.63) is 71.1 Å². The van der Waals surface area contributed by atoms with Crippen molar-refractivity contribution in [2.45, 2.75) is 53.1 Å². The highest BCUT2D eigenvalue weighted by atomic mass is 16.5. The van der Waals surface area contributed by atoms with Crippen LogP contribution in [0.3, 0.4) is 0 Å². The molecule has 5 heteroatoms. The van der Waals surface area contributed by atoms with Crippen LogP contribution in [0.5, 0.6) is 0 Å². The molecule has 1 unspecified atom stereocenters. The van der Waals surface area contributed by atoms with Gasteiger partial charge in [-0.15, -0.1) is 6.58 Å². The topological polar surface area (TPSA) is 60.3 Å². The van der Waals surface area contributed by atoms with E-state index in [2.05, 4.69) is 24.0 Å². The Labute approximate surface area is 167 Å². The molecule has 0 aliphatic heterocycles. The Balaban J connectivity index is 2.18. The molecule has 2 rings (SSSR count). The monoisotopic (exact) mass is 382 g/mol. The molecule has 1 atom stereocenters. The van der Waals surface area contributed by atoms with Gasteiger partial charge >= 0.3 is 5.97 Å². The van der Waals surface area contributed by atoms with Crippen LogP contribution >= 0.6 is 0 Å². The Morgan fingerprint density at radius 2 is 1.93 bits per heavy atom. The van der Waals surface area contributed by atoms with Gasteiger partial charge in [0.15, 0.2) is 0 Å². The van der Waals surface area contributed by atoms with Crippen molar-refractivity contribution in [2.75, 3.05) is 6.61 Å². The van der Waals surface area contributed by atoms with Gasteiger partial charge in [0.25, 0.3) is 5.91 Å². The van der Waals surface area contributed by atoms with Crippen molar-refractivity contribution >= 4 is 11.9 Å². The lowest BCUT2D eigenvalue weighted by Gasteiger charge is -2.14. The summed E-state index contributed by atoms with van der Waals surface area (Å²) in [4.78, 5) is 25.4. The minimum atomic E-state index is -0.416. The van der Waals surface area contributed by atoms with Crippen LogP contribution in [0, 0.1) is 13.8 Å². The molecule has 150 valence electrons. The number of nitrogens with zero attached hydrogens (tertiary/aromatic N) is 1. The summed E-state index contributed by atoms with van der Waals surface area (Å²) in [5.41, 5.74) is 3.59. The van der Waals surface area contributed by atoms with Crippen LogP contribution in [0.25, 0.3) is 0 Å². The Kier molecular flexibility index (Phi) is 7.61. The Hall–Kier alpha value is -2.82. The van der Waals surface area contributed by atoms with Gasteiger partial charge in [-0.3, -0.25) is 4.79 Å². The number of nitrogens with one attached hydrogen (secondary N) is 1. The third kappa shape index (κ3) is 4.91. The largest absolute Gasteiger partial charge is 0.461 e. The molecule has 0 aliphatic carbocycles. The molecule has 0 saturated heterocycles. The number of carbonyl (C=O) groups excluding carboxylic acids is 2. The van der Waals surface area contributed by atoms with E-state index in [0.29, 0.717) is 23.4 Å². The summed E-state index contributed by atoms with van der Waals surface area (Å²) in [6, 6.07) is 10.2. The van der Waals surface area contributed by atoms with Gasteiger partial charge in [-0.25, -0.2) is 4.79 Å². The summed E-state index contributed by atoms with van der Waals surface area (Å²) >= 11 is 0. The van der Waals surface area contributed by atoms with E-state index in [1.165, 1.54) is 5.56 Å².